The van der Waals surface area contributed by atoms with E-state index in [0.717, 1.165) is 10.6 Å². The lowest BCUT2D eigenvalue weighted by atomic mass is 10.1. The molecule has 9 nitrogen and oxygen atoms in total. The Kier molecular flexibility index (Phi) is 6.57. The van der Waals surface area contributed by atoms with Crippen LogP contribution >= 0.6 is 0 Å². The number of nitro benzene ring substituents is 1. The summed E-state index contributed by atoms with van der Waals surface area (Å²) in [6, 6.07) is 10.7. The number of non-ortho nitro benzene ring substituents is 1. The number of nitrogens with one attached hydrogen (secondary N) is 1. The topological polar surface area (TPSA) is 119 Å². The first-order valence-electron chi connectivity index (χ1n) is 8.36. The van der Waals surface area contributed by atoms with Gasteiger partial charge >= 0.3 is 0 Å². The number of methoxy groups -OCH3 is 1. The summed E-state index contributed by atoms with van der Waals surface area (Å²) in [6.45, 7) is 1.68. The van der Waals surface area contributed by atoms with Gasteiger partial charge in [-0.2, -0.15) is 0 Å². The fraction of sp³-hybridized carbons (Fsp3) is 0.278. The maximum absolute atomic E-state index is 12.8. The Balaban J connectivity index is 2.36. The minimum Gasteiger partial charge on any atom is -0.497 e. The Hall–Kier alpha value is -3.14. The van der Waals surface area contributed by atoms with Crippen molar-refractivity contribution in [1.82, 2.24) is 0 Å². The van der Waals surface area contributed by atoms with E-state index in [9.17, 15) is 23.3 Å². The van der Waals surface area contributed by atoms with Crippen LogP contribution in [0.3, 0.4) is 0 Å². The molecule has 1 N–H and O–H groups in total. The lowest BCUT2D eigenvalue weighted by Gasteiger charge is -2.30. The van der Waals surface area contributed by atoms with Gasteiger partial charge in [0.1, 0.15) is 11.8 Å². The normalized spacial score (nSPS) is 12.1. The summed E-state index contributed by atoms with van der Waals surface area (Å²) in [4.78, 5) is 23.1. The number of carbonyl (C=O) groups is 1. The smallest absolute Gasteiger partial charge is 0.271 e. The van der Waals surface area contributed by atoms with E-state index in [1.165, 1.54) is 31.4 Å². The molecule has 1 atom stereocenters. The van der Waals surface area contributed by atoms with E-state index < -0.39 is 26.9 Å². The van der Waals surface area contributed by atoms with Crippen LogP contribution in [0.2, 0.25) is 0 Å². The van der Waals surface area contributed by atoms with Crippen LogP contribution in [0.5, 0.6) is 5.75 Å². The highest BCUT2D eigenvalue weighted by molar-refractivity contribution is 7.92. The molecule has 10 heteroatoms. The predicted octanol–water partition coefficient (Wildman–Crippen LogP) is 2.79. The molecule has 0 bridgehead atoms. The number of anilines is 2. The zero-order chi connectivity index (χ0) is 20.9. The summed E-state index contributed by atoms with van der Waals surface area (Å²) in [5.74, 6) is -0.0458. The lowest BCUT2D eigenvalue weighted by molar-refractivity contribution is -0.384. The molecule has 0 aliphatic heterocycles. The first-order valence-corrected chi connectivity index (χ1v) is 10.2. The average Bonchev–Trinajstić information content (AvgIpc) is 2.65. The van der Waals surface area contributed by atoms with Crippen LogP contribution in [0.4, 0.5) is 17.1 Å². The second kappa shape index (κ2) is 8.70. The van der Waals surface area contributed by atoms with Gasteiger partial charge in [0.15, 0.2) is 0 Å². The van der Waals surface area contributed by atoms with Crippen molar-refractivity contribution in [2.24, 2.45) is 0 Å². The van der Waals surface area contributed by atoms with Crippen molar-refractivity contribution in [1.29, 1.82) is 0 Å². The van der Waals surface area contributed by atoms with Gasteiger partial charge in [0.05, 0.1) is 24.0 Å². The lowest BCUT2D eigenvalue weighted by Crippen LogP contribution is -2.47. The fourth-order valence-electron chi connectivity index (χ4n) is 2.71. The van der Waals surface area contributed by atoms with Gasteiger partial charge < -0.3 is 10.1 Å². The van der Waals surface area contributed by atoms with E-state index >= 15 is 0 Å². The first-order chi connectivity index (χ1) is 13.2. The molecule has 0 spiro atoms. The summed E-state index contributed by atoms with van der Waals surface area (Å²) in [6.07, 6.45) is 1.21. The van der Waals surface area contributed by atoms with E-state index in [-0.39, 0.29) is 17.8 Å². The van der Waals surface area contributed by atoms with Crippen LogP contribution < -0.4 is 14.4 Å². The van der Waals surface area contributed by atoms with Gasteiger partial charge in [-0.15, -0.1) is 0 Å². The molecule has 0 saturated heterocycles. The molecule has 150 valence electrons. The Morgan fingerprint density at radius 3 is 2.39 bits per heavy atom. The molecule has 2 rings (SSSR count). The Bertz CT molecular complexity index is 960. The SMILES string of the molecule is CC[C@@H](C(=O)Nc1cccc([N+](=O)[O-])c1)N(c1ccc(OC)cc1)S(C)(=O)=O. The van der Waals surface area contributed by atoms with Crippen molar-refractivity contribution < 1.29 is 22.9 Å². The van der Waals surface area contributed by atoms with Crippen molar-refractivity contribution in [2.75, 3.05) is 23.0 Å². The molecule has 2 aromatic carbocycles. The third kappa shape index (κ3) is 4.97. The van der Waals surface area contributed by atoms with Crippen molar-refractivity contribution >= 4 is 33.0 Å². The molecule has 0 fully saturated rings. The molecule has 0 aliphatic rings. The number of nitrogens with zero attached hydrogens (tertiary/aromatic N) is 2. The third-order valence-corrected chi connectivity index (χ3v) is 5.16. The molecule has 0 saturated carbocycles. The van der Waals surface area contributed by atoms with E-state index in [2.05, 4.69) is 5.32 Å². The van der Waals surface area contributed by atoms with Crippen molar-refractivity contribution in [3.05, 3.63) is 58.6 Å². The molecule has 0 aliphatic carbocycles. The number of sulfonamides is 1. The monoisotopic (exact) mass is 407 g/mol. The summed E-state index contributed by atoms with van der Waals surface area (Å²) in [5, 5.41) is 13.5. The molecule has 0 unspecified atom stereocenters. The Morgan fingerprint density at radius 2 is 1.89 bits per heavy atom. The summed E-state index contributed by atoms with van der Waals surface area (Å²) in [5.41, 5.74) is 0.339. The second-order valence-corrected chi connectivity index (χ2v) is 7.84. The molecular formula is C18H21N3O6S. The van der Waals surface area contributed by atoms with Crippen molar-refractivity contribution in [3.63, 3.8) is 0 Å². The number of benzene rings is 2. The maximum Gasteiger partial charge on any atom is 0.271 e. The number of amides is 1. The van der Waals surface area contributed by atoms with E-state index in [1.807, 2.05) is 0 Å². The predicted molar refractivity (Wildman–Crippen MR) is 106 cm³/mol. The van der Waals surface area contributed by atoms with Crippen LogP contribution in [0.1, 0.15) is 13.3 Å². The second-order valence-electron chi connectivity index (χ2n) is 5.98. The number of carbonyl (C=O) groups excluding carboxylic acids is 1. The van der Waals surface area contributed by atoms with Gasteiger partial charge in [0.2, 0.25) is 15.9 Å². The molecule has 0 radical (unpaired) electrons. The number of nitro groups is 1. The van der Waals surface area contributed by atoms with Gasteiger partial charge in [-0.05, 0) is 36.8 Å². The standard InChI is InChI=1S/C18H21N3O6S/c1-4-17(18(22)19-13-6-5-7-15(12-13)21(23)24)20(28(3,25)26)14-8-10-16(27-2)11-9-14/h5-12,17H,4H2,1-3H3,(H,19,22)/t17-/m0/s1. The van der Waals surface area contributed by atoms with Crippen LogP contribution in [0.15, 0.2) is 48.5 Å². The first kappa shape index (κ1) is 21.2. The van der Waals surface area contributed by atoms with Crippen LogP contribution in [-0.4, -0.2) is 38.7 Å². The van der Waals surface area contributed by atoms with Gasteiger partial charge in [-0.25, -0.2) is 8.42 Å². The highest BCUT2D eigenvalue weighted by atomic mass is 32.2. The molecule has 0 aromatic heterocycles. The highest BCUT2D eigenvalue weighted by Crippen LogP contribution is 2.26. The maximum atomic E-state index is 12.8. The Labute approximate surface area is 163 Å². The minimum atomic E-state index is -3.78. The Morgan fingerprint density at radius 1 is 1.25 bits per heavy atom. The molecule has 1 amide bonds. The van der Waals surface area contributed by atoms with Gasteiger partial charge in [0, 0.05) is 17.8 Å². The number of ether oxygens (including phenoxy) is 1. The van der Waals surface area contributed by atoms with Crippen molar-refractivity contribution in [2.45, 2.75) is 19.4 Å². The van der Waals surface area contributed by atoms with E-state index in [0.29, 0.717) is 11.4 Å². The third-order valence-electron chi connectivity index (χ3n) is 3.98. The highest BCUT2D eigenvalue weighted by Gasteiger charge is 2.31. The summed E-state index contributed by atoms with van der Waals surface area (Å²) < 4.78 is 30.9. The molecular weight excluding hydrogens is 386 g/mol. The van der Waals surface area contributed by atoms with Gasteiger partial charge in [-0.1, -0.05) is 13.0 Å². The molecule has 2 aromatic rings. The number of hydrogen-bond donors (Lipinski definition) is 1. The fourth-order valence-corrected chi connectivity index (χ4v) is 3.92. The quantitative estimate of drug-likeness (QED) is 0.531. The minimum absolute atomic E-state index is 0.180. The van der Waals surface area contributed by atoms with Crippen LogP contribution in [-0.2, 0) is 14.8 Å². The van der Waals surface area contributed by atoms with Crippen LogP contribution in [0.25, 0.3) is 0 Å². The summed E-state index contributed by atoms with van der Waals surface area (Å²) >= 11 is 0. The molecule has 0 heterocycles. The van der Waals surface area contributed by atoms with E-state index in [1.54, 1.807) is 31.2 Å². The zero-order valence-corrected chi connectivity index (χ0v) is 16.5. The number of hydrogen-bond acceptors (Lipinski definition) is 6. The van der Waals surface area contributed by atoms with E-state index in [4.69, 9.17) is 4.74 Å². The largest absolute Gasteiger partial charge is 0.497 e. The van der Waals surface area contributed by atoms with Crippen LogP contribution in [0, 0.1) is 10.1 Å². The molecule has 28 heavy (non-hydrogen) atoms. The zero-order valence-electron chi connectivity index (χ0n) is 15.7. The van der Waals surface area contributed by atoms with Gasteiger partial charge in [0.25, 0.3) is 5.69 Å². The van der Waals surface area contributed by atoms with Gasteiger partial charge in [-0.3, -0.25) is 19.2 Å². The average molecular weight is 407 g/mol. The van der Waals surface area contributed by atoms with Crippen molar-refractivity contribution in [3.8, 4) is 5.75 Å². The number of rotatable bonds is 8. The summed E-state index contributed by atoms with van der Waals surface area (Å²) in [7, 11) is -2.29.